The van der Waals surface area contributed by atoms with Crippen LogP contribution in [0.2, 0.25) is 0 Å². The predicted octanol–water partition coefficient (Wildman–Crippen LogP) is 0.257. The van der Waals surface area contributed by atoms with Crippen molar-refractivity contribution in [2.75, 3.05) is 5.73 Å². The predicted molar refractivity (Wildman–Crippen MR) is 89.1 cm³/mol. The minimum absolute atomic E-state index is 0.269. The van der Waals surface area contributed by atoms with Gasteiger partial charge < -0.3 is 11.1 Å². The van der Waals surface area contributed by atoms with Crippen molar-refractivity contribution in [1.29, 1.82) is 0 Å². The molecule has 0 radical (unpaired) electrons. The Labute approximate surface area is 144 Å². The number of hydrogen-bond donors (Lipinski definition) is 2. The molecule has 3 heterocycles. The van der Waals surface area contributed by atoms with Crippen LogP contribution in [0, 0.1) is 0 Å². The highest BCUT2D eigenvalue weighted by atomic mass is 16.2. The number of carbonyl (C=O) groups is 1. The summed E-state index contributed by atoms with van der Waals surface area (Å²) in [7, 11) is 0. The molecule has 25 heavy (non-hydrogen) atoms. The van der Waals surface area contributed by atoms with Gasteiger partial charge in [0.2, 0.25) is 0 Å². The average molecular weight is 341 g/mol. The Kier molecular flexibility index (Phi) is 5.29. The van der Waals surface area contributed by atoms with E-state index >= 15 is 0 Å². The van der Waals surface area contributed by atoms with Gasteiger partial charge in [0.05, 0.1) is 24.6 Å². The van der Waals surface area contributed by atoms with E-state index in [1.807, 2.05) is 18.2 Å². The molecule has 10 heteroatoms. The van der Waals surface area contributed by atoms with Crippen LogP contribution >= 0.6 is 0 Å². The maximum Gasteiger partial charge on any atom is 0.273 e. The van der Waals surface area contributed by atoms with E-state index < -0.39 is 0 Å². The van der Waals surface area contributed by atoms with Crippen LogP contribution in [0.4, 0.5) is 5.82 Å². The number of carbonyl (C=O) groups excluding carboxylic acids is 1. The lowest BCUT2D eigenvalue weighted by Gasteiger charge is -2.02. The zero-order valence-corrected chi connectivity index (χ0v) is 13.6. The molecule has 10 nitrogen and oxygen atoms in total. The number of rotatable bonds is 8. The van der Waals surface area contributed by atoms with Gasteiger partial charge in [0.1, 0.15) is 0 Å². The molecule has 0 unspecified atom stereocenters. The number of unbranched alkanes of at least 4 members (excludes halogenated alkanes) is 1. The minimum Gasteiger partial charge on any atom is -0.381 e. The summed E-state index contributed by atoms with van der Waals surface area (Å²) in [5.74, 6) is 0.146. The molecular weight excluding hydrogens is 322 g/mol. The van der Waals surface area contributed by atoms with Gasteiger partial charge in [-0.25, -0.2) is 0 Å². The van der Waals surface area contributed by atoms with Crippen molar-refractivity contribution in [2.45, 2.75) is 32.5 Å². The first-order chi connectivity index (χ1) is 12.2. The molecule has 0 aliphatic heterocycles. The maximum absolute atomic E-state index is 12.1. The van der Waals surface area contributed by atoms with Gasteiger partial charge in [0.25, 0.3) is 5.91 Å². The second-order valence-corrected chi connectivity index (χ2v) is 5.48. The monoisotopic (exact) mass is 341 g/mol. The van der Waals surface area contributed by atoms with Gasteiger partial charge in [0, 0.05) is 19.3 Å². The van der Waals surface area contributed by atoms with E-state index in [2.05, 4.69) is 30.9 Å². The molecule has 0 aliphatic rings. The summed E-state index contributed by atoms with van der Waals surface area (Å²) >= 11 is 0. The number of nitrogens with zero attached hydrogens (tertiary/aromatic N) is 7. The highest BCUT2D eigenvalue weighted by Gasteiger charge is 2.10. The Balaban J connectivity index is 1.41. The van der Waals surface area contributed by atoms with Gasteiger partial charge in [-0.3, -0.25) is 19.1 Å². The molecule has 0 bridgehead atoms. The summed E-state index contributed by atoms with van der Waals surface area (Å²) in [5.41, 5.74) is 6.59. The lowest BCUT2D eigenvalue weighted by atomic mass is 10.3. The van der Waals surface area contributed by atoms with Gasteiger partial charge >= 0.3 is 0 Å². The van der Waals surface area contributed by atoms with Gasteiger partial charge in [0.15, 0.2) is 11.5 Å². The second kappa shape index (κ2) is 7.99. The Hall–Kier alpha value is -3.30. The third-order valence-corrected chi connectivity index (χ3v) is 3.51. The summed E-state index contributed by atoms with van der Waals surface area (Å²) in [5, 5.41) is 18.3. The lowest BCUT2D eigenvalue weighted by molar-refractivity contribution is 0.0945. The van der Waals surface area contributed by atoms with E-state index in [-0.39, 0.29) is 5.91 Å². The fourth-order valence-electron chi connectivity index (χ4n) is 2.25. The lowest BCUT2D eigenvalue weighted by Crippen LogP contribution is -2.23. The number of aromatic nitrogens is 7. The number of amides is 1. The summed E-state index contributed by atoms with van der Waals surface area (Å²) in [6, 6.07) is 5.55. The van der Waals surface area contributed by atoms with Crippen molar-refractivity contribution in [3.05, 3.63) is 48.2 Å². The van der Waals surface area contributed by atoms with E-state index in [0.29, 0.717) is 24.6 Å². The van der Waals surface area contributed by atoms with Crippen molar-refractivity contribution < 1.29 is 4.79 Å². The third-order valence-electron chi connectivity index (χ3n) is 3.51. The van der Waals surface area contributed by atoms with E-state index in [0.717, 1.165) is 25.1 Å². The topological polar surface area (TPSA) is 129 Å². The minimum atomic E-state index is -0.269. The molecule has 3 N–H and O–H groups in total. The highest BCUT2D eigenvalue weighted by molar-refractivity contribution is 5.91. The zero-order valence-electron chi connectivity index (χ0n) is 13.6. The van der Waals surface area contributed by atoms with Gasteiger partial charge in [-0.15, -0.1) is 10.2 Å². The number of hydrogen-bond acceptors (Lipinski definition) is 7. The number of nitrogen functional groups attached to an aromatic ring is 1. The van der Waals surface area contributed by atoms with Gasteiger partial charge in [-0.1, -0.05) is 16.5 Å². The molecule has 3 aromatic heterocycles. The Bertz CT molecular complexity index is 811. The fraction of sp³-hybridized carbons (Fsp3) is 0.333. The number of nitrogens with one attached hydrogen (secondary N) is 1. The summed E-state index contributed by atoms with van der Waals surface area (Å²) in [6.07, 6.45) is 6.79. The number of pyridine rings is 1. The van der Waals surface area contributed by atoms with E-state index in [9.17, 15) is 4.79 Å². The number of anilines is 1. The molecule has 0 aromatic carbocycles. The smallest absolute Gasteiger partial charge is 0.273 e. The fourth-order valence-corrected chi connectivity index (χ4v) is 2.25. The first-order valence-corrected chi connectivity index (χ1v) is 7.94. The molecule has 3 rings (SSSR count). The maximum atomic E-state index is 12.1. The molecule has 130 valence electrons. The Morgan fingerprint density at radius 1 is 1.08 bits per heavy atom. The number of nitrogens with two attached hydrogens (primary N) is 1. The summed E-state index contributed by atoms with van der Waals surface area (Å²) in [4.78, 5) is 16.2. The van der Waals surface area contributed by atoms with Crippen molar-refractivity contribution in [3.8, 4) is 0 Å². The molecule has 0 saturated carbocycles. The highest BCUT2D eigenvalue weighted by Crippen LogP contribution is 2.01. The van der Waals surface area contributed by atoms with Crippen LogP contribution in [0.15, 0.2) is 36.8 Å². The quantitative estimate of drug-likeness (QED) is 0.562. The molecule has 0 saturated heterocycles. The molecule has 1 amide bonds. The largest absolute Gasteiger partial charge is 0.381 e. The SMILES string of the molecule is Nc1cn(CCCCn2cc(C(=O)NCc3ccccn3)nn2)nn1. The molecule has 0 fully saturated rings. The van der Waals surface area contributed by atoms with Gasteiger partial charge in [-0.05, 0) is 25.0 Å². The number of aryl methyl sites for hydroxylation is 2. The van der Waals surface area contributed by atoms with Crippen molar-refractivity contribution in [1.82, 2.24) is 40.3 Å². The molecule has 3 aromatic rings. The molecule has 0 atom stereocenters. The van der Waals surface area contributed by atoms with E-state index in [1.165, 1.54) is 0 Å². The Morgan fingerprint density at radius 2 is 1.84 bits per heavy atom. The zero-order chi connectivity index (χ0) is 17.5. The summed E-state index contributed by atoms with van der Waals surface area (Å²) in [6.45, 7) is 1.76. The average Bonchev–Trinajstić information content (AvgIpc) is 3.27. The molecular formula is C15H19N9O. The van der Waals surface area contributed by atoms with Gasteiger partial charge in [-0.2, -0.15) is 0 Å². The van der Waals surface area contributed by atoms with Crippen LogP contribution < -0.4 is 11.1 Å². The van der Waals surface area contributed by atoms with Crippen LogP contribution in [0.3, 0.4) is 0 Å². The third kappa shape index (κ3) is 4.83. The van der Waals surface area contributed by atoms with Crippen LogP contribution in [-0.2, 0) is 19.6 Å². The van der Waals surface area contributed by atoms with E-state index in [4.69, 9.17) is 5.73 Å². The first kappa shape index (κ1) is 16.6. The Morgan fingerprint density at radius 3 is 2.52 bits per heavy atom. The molecule has 0 aliphatic carbocycles. The standard InChI is InChI=1S/C15H19N9O/c16-14-11-24(22-20-14)8-4-3-7-23-10-13(19-21-23)15(25)18-9-12-5-1-2-6-17-12/h1-2,5-6,10-11H,3-4,7-9,16H2,(H,18,25). The second-order valence-electron chi connectivity index (χ2n) is 5.48. The van der Waals surface area contributed by atoms with E-state index in [1.54, 1.807) is 28.0 Å². The van der Waals surface area contributed by atoms with Crippen LogP contribution in [0.1, 0.15) is 29.0 Å². The van der Waals surface area contributed by atoms with Crippen LogP contribution in [0.25, 0.3) is 0 Å². The van der Waals surface area contributed by atoms with Crippen molar-refractivity contribution >= 4 is 11.7 Å². The normalized spacial score (nSPS) is 10.7. The summed E-state index contributed by atoms with van der Waals surface area (Å²) < 4.78 is 3.36. The van der Waals surface area contributed by atoms with Crippen molar-refractivity contribution in [2.24, 2.45) is 0 Å². The van der Waals surface area contributed by atoms with Crippen LogP contribution in [0.5, 0.6) is 0 Å². The van der Waals surface area contributed by atoms with Crippen molar-refractivity contribution in [3.63, 3.8) is 0 Å². The first-order valence-electron chi connectivity index (χ1n) is 7.94. The molecule has 0 spiro atoms. The van der Waals surface area contributed by atoms with Crippen LogP contribution in [-0.4, -0.2) is 40.9 Å².